The topological polar surface area (TPSA) is 165 Å². The zero-order valence-corrected chi connectivity index (χ0v) is 26.2. The average molecular weight is 600 g/mol. The number of carbonyl (C=O) groups excluding carboxylic acids is 2. The van der Waals surface area contributed by atoms with Crippen LogP contribution in [0.5, 0.6) is 0 Å². The maximum Gasteiger partial charge on any atom is 0.302 e. The van der Waals surface area contributed by atoms with E-state index in [2.05, 4.69) is 5.32 Å². The Morgan fingerprint density at radius 2 is 1.67 bits per heavy atom. The molecule has 42 heavy (non-hydrogen) atoms. The van der Waals surface area contributed by atoms with Crippen molar-refractivity contribution < 1.29 is 44.4 Å². The predicted octanol–water partition coefficient (Wildman–Crippen LogP) is 1.87. The minimum absolute atomic E-state index is 0.0105. The number of aliphatic hydroxyl groups is 3. The monoisotopic (exact) mass is 599 g/mol. The third-order valence-corrected chi connectivity index (χ3v) is 10.4. The fourth-order valence-corrected chi connectivity index (χ4v) is 8.36. The molecule has 0 aromatic rings. The summed E-state index contributed by atoms with van der Waals surface area (Å²) in [6, 6.07) is 0. The summed E-state index contributed by atoms with van der Waals surface area (Å²) >= 11 is 0. The summed E-state index contributed by atoms with van der Waals surface area (Å²) in [7, 11) is 1.65. The zero-order chi connectivity index (χ0) is 30.6. The van der Waals surface area contributed by atoms with Crippen molar-refractivity contribution in [1.82, 2.24) is 0 Å². The van der Waals surface area contributed by atoms with E-state index in [9.17, 15) is 24.9 Å². The summed E-state index contributed by atoms with van der Waals surface area (Å²) in [5.41, 5.74) is 6.31. The average Bonchev–Trinajstić information content (AvgIpc) is 2.92. The van der Waals surface area contributed by atoms with Crippen LogP contribution in [0.25, 0.3) is 0 Å². The first-order chi connectivity index (χ1) is 20.1. The maximum absolute atomic E-state index is 12.3. The largest absolute Gasteiger partial charge is 0.462 e. The first kappa shape index (κ1) is 35.2. The van der Waals surface area contributed by atoms with Gasteiger partial charge in [-0.2, -0.15) is 0 Å². The number of carbonyl (C=O) groups is 2. The number of piperidine rings is 1. The summed E-state index contributed by atoms with van der Waals surface area (Å²) < 4.78 is 17.5. The molecule has 7 N–H and O–H groups in total. The van der Waals surface area contributed by atoms with Gasteiger partial charge in [0.15, 0.2) is 0 Å². The van der Waals surface area contributed by atoms with Crippen molar-refractivity contribution in [2.75, 3.05) is 26.9 Å². The Balaban J connectivity index is 1.77. The second kappa shape index (κ2) is 17.9. The lowest BCUT2D eigenvalue weighted by atomic mass is 9.66. The second-order valence-electron chi connectivity index (χ2n) is 13.5. The van der Waals surface area contributed by atoms with Gasteiger partial charge in [0, 0.05) is 47.0 Å². The number of esters is 2. The standard InChI is InChI=1S/C32H58N2O8/c1-20(37)41-27(8-7-24-15-31(40-3)29(39)18-28(24)25-9-11-34-32(33)16-25)17-30(42-21(2)38)26-13-22(10-12-35)5-4-6-23(14-26)19-36/h22-32,34-36,39H,4-19,33H2,1-3H3/p+1. The van der Waals surface area contributed by atoms with E-state index in [0.717, 1.165) is 64.3 Å². The van der Waals surface area contributed by atoms with Crippen molar-refractivity contribution in [1.29, 1.82) is 0 Å². The quantitative estimate of drug-likeness (QED) is 0.199. The summed E-state index contributed by atoms with van der Waals surface area (Å²) in [6.45, 7) is 4.05. The van der Waals surface area contributed by atoms with Gasteiger partial charge >= 0.3 is 11.9 Å². The van der Waals surface area contributed by atoms with Crippen LogP contribution in [0.3, 0.4) is 0 Å². The third kappa shape index (κ3) is 11.0. The van der Waals surface area contributed by atoms with Crippen molar-refractivity contribution in [3.8, 4) is 0 Å². The van der Waals surface area contributed by atoms with Crippen LogP contribution in [0.4, 0.5) is 0 Å². The molecular weight excluding hydrogens is 540 g/mol. The minimum Gasteiger partial charge on any atom is -0.462 e. The van der Waals surface area contributed by atoms with Crippen LogP contribution < -0.4 is 11.1 Å². The third-order valence-electron chi connectivity index (χ3n) is 10.4. The van der Waals surface area contributed by atoms with Crippen LogP contribution in [-0.2, 0) is 23.8 Å². The van der Waals surface area contributed by atoms with Crippen LogP contribution in [0.2, 0.25) is 0 Å². The lowest BCUT2D eigenvalue weighted by molar-refractivity contribution is -0.699. The van der Waals surface area contributed by atoms with Crippen LogP contribution in [-0.4, -0.2) is 84.7 Å². The number of hydrogen-bond acceptors (Lipinski definition) is 9. The molecule has 244 valence electrons. The molecule has 0 aromatic heterocycles. The Hall–Kier alpha value is -1.30. The molecule has 0 aromatic carbocycles. The fourth-order valence-electron chi connectivity index (χ4n) is 8.36. The lowest BCUT2D eigenvalue weighted by Gasteiger charge is -2.44. The molecule has 11 unspecified atom stereocenters. The van der Waals surface area contributed by atoms with Gasteiger partial charge in [-0.25, -0.2) is 0 Å². The highest BCUT2D eigenvalue weighted by Gasteiger charge is 2.42. The number of nitrogens with two attached hydrogens (primary N) is 2. The molecule has 2 saturated carbocycles. The SMILES string of the molecule is COC1CC(CCC(CC(OC(C)=O)C2CC(CO)CCCC(CCO)C2)OC(C)=O)C(C2CC[NH2+]C(N)C2)CC1O. The number of ether oxygens (including phenoxy) is 3. The number of quaternary nitrogens is 1. The normalized spacial score (nSPS) is 35.8. The molecule has 3 aliphatic rings. The molecule has 0 amide bonds. The zero-order valence-electron chi connectivity index (χ0n) is 26.2. The van der Waals surface area contributed by atoms with E-state index in [1.54, 1.807) is 7.11 Å². The van der Waals surface area contributed by atoms with E-state index < -0.39 is 18.3 Å². The minimum atomic E-state index is -0.498. The van der Waals surface area contributed by atoms with Crippen molar-refractivity contribution in [2.24, 2.45) is 41.2 Å². The second-order valence-corrected chi connectivity index (χ2v) is 13.5. The highest BCUT2D eigenvalue weighted by molar-refractivity contribution is 5.66. The predicted molar refractivity (Wildman–Crippen MR) is 158 cm³/mol. The van der Waals surface area contributed by atoms with Crippen LogP contribution in [0.1, 0.15) is 97.3 Å². The molecule has 3 rings (SSSR count). The molecule has 0 radical (unpaired) electrons. The maximum atomic E-state index is 12.3. The van der Waals surface area contributed by atoms with E-state index in [-0.39, 0.29) is 49.3 Å². The highest BCUT2D eigenvalue weighted by Crippen LogP contribution is 2.43. The van der Waals surface area contributed by atoms with Crippen molar-refractivity contribution in [3.05, 3.63) is 0 Å². The molecule has 10 nitrogen and oxygen atoms in total. The summed E-state index contributed by atoms with van der Waals surface area (Å²) in [5.74, 6) is 0.812. The Labute approximate surface area is 252 Å². The number of methoxy groups -OCH3 is 1. The molecule has 1 saturated heterocycles. The van der Waals surface area contributed by atoms with E-state index in [0.29, 0.717) is 49.4 Å². The molecule has 10 heteroatoms. The van der Waals surface area contributed by atoms with Gasteiger partial charge in [0.05, 0.1) is 18.8 Å². The van der Waals surface area contributed by atoms with Crippen LogP contribution in [0, 0.1) is 35.5 Å². The summed E-state index contributed by atoms with van der Waals surface area (Å²) in [4.78, 5) is 24.5. The van der Waals surface area contributed by atoms with Gasteiger partial charge in [-0.15, -0.1) is 0 Å². The molecule has 0 bridgehead atoms. The van der Waals surface area contributed by atoms with Crippen LogP contribution in [0.15, 0.2) is 0 Å². The fraction of sp³-hybridized carbons (Fsp3) is 0.938. The molecule has 11 atom stereocenters. The number of aliphatic hydroxyl groups excluding tert-OH is 3. The molecule has 1 aliphatic heterocycles. The van der Waals surface area contributed by atoms with E-state index in [1.807, 2.05) is 0 Å². The first-order valence-corrected chi connectivity index (χ1v) is 16.5. The lowest BCUT2D eigenvalue weighted by Crippen LogP contribution is -2.94. The van der Waals surface area contributed by atoms with E-state index in [1.165, 1.54) is 13.8 Å². The Morgan fingerprint density at radius 3 is 2.31 bits per heavy atom. The van der Waals surface area contributed by atoms with Crippen LogP contribution >= 0.6 is 0 Å². The van der Waals surface area contributed by atoms with Crippen molar-refractivity contribution in [3.63, 3.8) is 0 Å². The van der Waals surface area contributed by atoms with Gasteiger partial charge in [0.25, 0.3) is 0 Å². The van der Waals surface area contributed by atoms with Gasteiger partial charge in [-0.05, 0) is 93.3 Å². The summed E-state index contributed by atoms with van der Waals surface area (Å²) in [5, 5.41) is 32.7. The molecular formula is C32H59N2O8+. The Morgan fingerprint density at radius 1 is 0.952 bits per heavy atom. The van der Waals surface area contributed by atoms with Crippen molar-refractivity contribution >= 4 is 11.9 Å². The van der Waals surface area contributed by atoms with Gasteiger partial charge in [-0.3, -0.25) is 15.3 Å². The summed E-state index contributed by atoms with van der Waals surface area (Å²) in [6.07, 6.45) is 8.95. The Kier molecular flexibility index (Phi) is 15.0. The van der Waals surface area contributed by atoms with Gasteiger partial charge in [-0.1, -0.05) is 12.8 Å². The van der Waals surface area contributed by atoms with E-state index in [4.69, 9.17) is 19.9 Å². The molecule has 1 heterocycles. The van der Waals surface area contributed by atoms with Gasteiger partial charge < -0.3 is 34.8 Å². The van der Waals surface area contributed by atoms with Crippen molar-refractivity contribution in [2.45, 2.75) is 128 Å². The molecule has 2 aliphatic carbocycles. The molecule has 0 spiro atoms. The van der Waals surface area contributed by atoms with Gasteiger partial charge in [0.2, 0.25) is 0 Å². The molecule has 3 fully saturated rings. The van der Waals surface area contributed by atoms with Gasteiger partial charge in [0.1, 0.15) is 18.4 Å². The van der Waals surface area contributed by atoms with E-state index >= 15 is 0 Å². The smallest absolute Gasteiger partial charge is 0.302 e. The Bertz CT molecular complexity index is 815. The first-order valence-electron chi connectivity index (χ1n) is 16.5. The highest BCUT2D eigenvalue weighted by atomic mass is 16.6. The number of rotatable bonds is 13. The number of hydrogen-bond donors (Lipinski definition) is 5.